The van der Waals surface area contributed by atoms with Gasteiger partial charge in [-0.3, -0.25) is 14.4 Å². The molecule has 1 atom stereocenters. The topological polar surface area (TPSA) is 78.9 Å². The van der Waals surface area contributed by atoms with Crippen LogP contribution < -0.4 is 0 Å². The van der Waals surface area contributed by atoms with Crippen molar-refractivity contribution in [3.8, 4) is 0 Å². The maximum absolute atomic E-state index is 12.8. The fraction of sp³-hybridized carbons (Fsp3) is 0.776. The molecular weight excluding hydrogens is 793 g/mol. The molecule has 0 saturated carbocycles. The minimum atomic E-state index is -0.791. The van der Waals surface area contributed by atoms with Crippen LogP contribution in [0.1, 0.15) is 271 Å². The number of rotatable bonds is 49. The predicted octanol–water partition coefficient (Wildman–Crippen LogP) is 18.0. The van der Waals surface area contributed by atoms with E-state index in [0.717, 1.165) is 77.0 Å². The first kappa shape index (κ1) is 61.1. The molecule has 0 bridgehead atoms. The molecule has 0 aromatic carbocycles. The van der Waals surface area contributed by atoms with E-state index in [9.17, 15) is 14.4 Å². The molecule has 0 aromatic heterocycles. The highest BCUT2D eigenvalue weighted by Gasteiger charge is 2.19. The van der Waals surface area contributed by atoms with Gasteiger partial charge in [0.1, 0.15) is 13.2 Å². The fourth-order valence-electron chi connectivity index (χ4n) is 7.74. The maximum atomic E-state index is 12.8. The summed E-state index contributed by atoms with van der Waals surface area (Å²) in [6.07, 6.45) is 65.0. The Bertz CT molecular complexity index is 1170. The third kappa shape index (κ3) is 50.1. The van der Waals surface area contributed by atoms with E-state index in [-0.39, 0.29) is 31.1 Å². The number of unbranched alkanes of at least 4 members (excludes halogenated alkanes) is 31. The zero-order valence-corrected chi connectivity index (χ0v) is 42.3. The molecule has 370 valence electrons. The molecule has 0 heterocycles. The van der Waals surface area contributed by atoms with E-state index in [1.165, 1.54) is 154 Å². The zero-order valence-electron chi connectivity index (χ0n) is 42.3. The highest BCUT2D eigenvalue weighted by molar-refractivity contribution is 5.71. The first-order chi connectivity index (χ1) is 31.5. The van der Waals surface area contributed by atoms with Gasteiger partial charge in [0, 0.05) is 19.3 Å². The summed E-state index contributed by atoms with van der Waals surface area (Å²) < 4.78 is 16.8. The van der Waals surface area contributed by atoms with E-state index in [1.807, 2.05) is 30.4 Å². The molecule has 0 aliphatic heterocycles. The molecule has 6 nitrogen and oxygen atoms in total. The Hall–Kier alpha value is -2.89. The average molecular weight is 895 g/mol. The van der Waals surface area contributed by atoms with E-state index in [4.69, 9.17) is 14.2 Å². The molecule has 0 aliphatic carbocycles. The van der Waals surface area contributed by atoms with Crippen molar-refractivity contribution in [1.29, 1.82) is 0 Å². The van der Waals surface area contributed by atoms with Crippen molar-refractivity contribution < 1.29 is 28.6 Å². The SMILES string of the molecule is CC/C=C/C=C/C=C/C=C/CCCCCC(=O)OCC(COC(=O)CCCCCCC/C=C/CCCCCCCCCCC)OC(=O)CCCCCCCCCCCCCCCCC. The van der Waals surface area contributed by atoms with Gasteiger partial charge in [-0.2, -0.15) is 0 Å². The number of allylic oxidation sites excluding steroid dienone is 10. The third-order valence-corrected chi connectivity index (χ3v) is 11.9. The summed E-state index contributed by atoms with van der Waals surface area (Å²) in [5.41, 5.74) is 0. The van der Waals surface area contributed by atoms with Crippen molar-refractivity contribution in [2.24, 2.45) is 0 Å². The van der Waals surface area contributed by atoms with Crippen molar-refractivity contribution in [3.05, 3.63) is 60.8 Å². The highest BCUT2D eigenvalue weighted by atomic mass is 16.6. The lowest BCUT2D eigenvalue weighted by molar-refractivity contribution is -0.167. The molecule has 0 aromatic rings. The second kappa shape index (κ2) is 52.7. The molecule has 0 fully saturated rings. The molecule has 0 N–H and O–H groups in total. The van der Waals surface area contributed by atoms with Crippen LogP contribution in [-0.4, -0.2) is 37.2 Å². The number of hydrogen-bond donors (Lipinski definition) is 0. The Morgan fingerprint density at radius 2 is 0.625 bits per heavy atom. The van der Waals surface area contributed by atoms with Gasteiger partial charge in [-0.1, -0.05) is 248 Å². The number of esters is 3. The van der Waals surface area contributed by atoms with E-state index in [1.54, 1.807) is 0 Å². The molecule has 64 heavy (non-hydrogen) atoms. The van der Waals surface area contributed by atoms with Crippen LogP contribution >= 0.6 is 0 Å². The molecule has 1 unspecified atom stereocenters. The smallest absolute Gasteiger partial charge is 0.306 e. The lowest BCUT2D eigenvalue weighted by Gasteiger charge is -2.18. The second-order valence-corrected chi connectivity index (χ2v) is 18.2. The summed E-state index contributed by atoms with van der Waals surface area (Å²) in [6, 6.07) is 0. The normalized spacial score (nSPS) is 12.5. The van der Waals surface area contributed by atoms with E-state index in [0.29, 0.717) is 19.3 Å². The number of carbonyl (C=O) groups excluding carboxylic acids is 3. The summed E-state index contributed by atoms with van der Waals surface area (Å²) >= 11 is 0. The Balaban J connectivity index is 4.40. The van der Waals surface area contributed by atoms with Crippen LogP contribution in [0.2, 0.25) is 0 Å². The van der Waals surface area contributed by atoms with Crippen molar-refractivity contribution in [2.75, 3.05) is 13.2 Å². The van der Waals surface area contributed by atoms with Gasteiger partial charge < -0.3 is 14.2 Å². The van der Waals surface area contributed by atoms with Crippen molar-refractivity contribution in [1.82, 2.24) is 0 Å². The Morgan fingerprint density at radius 1 is 0.328 bits per heavy atom. The van der Waals surface area contributed by atoms with Gasteiger partial charge in [0.15, 0.2) is 6.10 Å². The molecular formula is C58H102O6. The summed E-state index contributed by atoms with van der Waals surface area (Å²) in [4.78, 5) is 38.0. The van der Waals surface area contributed by atoms with Crippen molar-refractivity contribution >= 4 is 17.9 Å². The van der Waals surface area contributed by atoms with E-state index in [2.05, 4.69) is 51.2 Å². The van der Waals surface area contributed by atoms with Crippen LogP contribution in [0.3, 0.4) is 0 Å². The van der Waals surface area contributed by atoms with Crippen LogP contribution in [0.15, 0.2) is 60.8 Å². The Kier molecular flexibility index (Phi) is 50.4. The lowest BCUT2D eigenvalue weighted by atomic mass is 10.0. The van der Waals surface area contributed by atoms with Crippen LogP contribution in [-0.2, 0) is 28.6 Å². The number of hydrogen-bond acceptors (Lipinski definition) is 6. The molecule has 0 rings (SSSR count). The van der Waals surface area contributed by atoms with Crippen LogP contribution in [0.4, 0.5) is 0 Å². The highest BCUT2D eigenvalue weighted by Crippen LogP contribution is 2.16. The van der Waals surface area contributed by atoms with Crippen molar-refractivity contribution in [3.63, 3.8) is 0 Å². The summed E-state index contributed by atoms with van der Waals surface area (Å²) in [7, 11) is 0. The largest absolute Gasteiger partial charge is 0.462 e. The lowest BCUT2D eigenvalue weighted by Crippen LogP contribution is -2.30. The Labute approximate surface area is 396 Å². The fourth-order valence-corrected chi connectivity index (χ4v) is 7.74. The minimum Gasteiger partial charge on any atom is -0.462 e. The summed E-state index contributed by atoms with van der Waals surface area (Å²) in [5, 5.41) is 0. The second-order valence-electron chi connectivity index (χ2n) is 18.2. The van der Waals surface area contributed by atoms with Crippen molar-refractivity contribution in [2.45, 2.75) is 277 Å². The molecule has 0 aliphatic rings. The standard InChI is InChI=1S/C58H102O6/c1-4-7-10-13-16-19-22-25-27-28-29-31-33-36-39-42-45-48-51-57(60)63-54-55(53-62-56(59)50-47-44-41-38-35-32-24-21-18-15-12-9-6-3)64-58(61)52-49-46-43-40-37-34-30-26-23-20-17-14-11-8-5-2/h9,12,15,18,21,24,29,31-32,35,55H,4-8,10-11,13-14,16-17,19-20,22-23,25-28,30,33-34,36-54H2,1-3H3/b12-9+,18-15+,24-21+,31-29+,35-32+. The van der Waals surface area contributed by atoms with Gasteiger partial charge in [-0.05, 0) is 64.2 Å². The number of ether oxygens (including phenoxy) is 3. The van der Waals surface area contributed by atoms with Gasteiger partial charge in [-0.25, -0.2) is 0 Å². The quantitative estimate of drug-likeness (QED) is 0.0199. The maximum Gasteiger partial charge on any atom is 0.306 e. The van der Waals surface area contributed by atoms with Gasteiger partial charge in [0.2, 0.25) is 0 Å². The molecule has 6 heteroatoms. The molecule has 0 spiro atoms. The molecule has 0 radical (unpaired) electrons. The monoisotopic (exact) mass is 895 g/mol. The van der Waals surface area contributed by atoms with Gasteiger partial charge in [0.05, 0.1) is 0 Å². The first-order valence-electron chi connectivity index (χ1n) is 27.3. The Morgan fingerprint density at radius 3 is 1.02 bits per heavy atom. The number of carbonyl (C=O) groups is 3. The minimum absolute atomic E-state index is 0.0892. The first-order valence-corrected chi connectivity index (χ1v) is 27.3. The summed E-state index contributed by atoms with van der Waals surface area (Å²) in [5.74, 6) is -0.928. The van der Waals surface area contributed by atoms with E-state index >= 15 is 0 Å². The van der Waals surface area contributed by atoms with Gasteiger partial charge >= 0.3 is 17.9 Å². The van der Waals surface area contributed by atoms with Gasteiger partial charge in [0.25, 0.3) is 0 Å². The van der Waals surface area contributed by atoms with Crippen LogP contribution in [0.5, 0.6) is 0 Å². The van der Waals surface area contributed by atoms with Crippen LogP contribution in [0, 0.1) is 0 Å². The predicted molar refractivity (Wildman–Crippen MR) is 275 cm³/mol. The average Bonchev–Trinajstić information content (AvgIpc) is 3.29. The zero-order chi connectivity index (χ0) is 46.5. The van der Waals surface area contributed by atoms with E-state index < -0.39 is 6.10 Å². The van der Waals surface area contributed by atoms with Gasteiger partial charge in [-0.15, -0.1) is 0 Å². The summed E-state index contributed by atoms with van der Waals surface area (Å²) in [6.45, 7) is 6.48. The molecule has 0 amide bonds. The van der Waals surface area contributed by atoms with Crippen LogP contribution in [0.25, 0.3) is 0 Å². The molecule has 0 saturated heterocycles. The third-order valence-electron chi connectivity index (χ3n) is 11.9.